The first-order chi connectivity index (χ1) is 9.75. The van der Waals surface area contributed by atoms with Crippen LogP contribution in [0.1, 0.15) is 21.6 Å². The van der Waals surface area contributed by atoms with Crippen LogP contribution >= 0.6 is 0 Å². The Bertz CT molecular complexity index is 639. The maximum Gasteiger partial charge on any atom is 0.258 e. The summed E-state index contributed by atoms with van der Waals surface area (Å²) in [4.78, 5) is 18.7. The summed E-state index contributed by atoms with van der Waals surface area (Å²) in [6, 6.07) is 11.7. The normalized spacial score (nSPS) is 14.6. The molecule has 2 heterocycles. The predicted molar refractivity (Wildman–Crippen MR) is 78.8 cm³/mol. The Hall–Kier alpha value is -2.20. The zero-order chi connectivity index (χ0) is 13.9. The summed E-state index contributed by atoms with van der Waals surface area (Å²) in [7, 11) is 0. The number of amides is 1. The molecule has 3 rings (SSSR count). The molecular formula is C16H17N3O. The topological polar surface area (TPSA) is 45.2 Å². The van der Waals surface area contributed by atoms with Crippen LogP contribution < -0.4 is 10.2 Å². The van der Waals surface area contributed by atoms with Gasteiger partial charge in [-0.3, -0.25) is 9.78 Å². The molecule has 0 unspecified atom stereocenters. The van der Waals surface area contributed by atoms with E-state index in [0.717, 1.165) is 30.0 Å². The lowest BCUT2D eigenvalue weighted by Crippen LogP contribution is -2.34. The van der Waals surface area contributed by atoms with Crippen LogP contribution in [0.4, 0.5) is 5.69 Å². The maximum atomic E-state index is 12.7. The number of nitrogens with zero attached hydrogens (tertiary/aromatic N) is 2. The third-order valence-corrected chi connectivity index (χ3v) is 3.50. The average molecular weight is 267 g/mol. The Kier molecular flexibility index (Phi) is 3.48. The van der Waals surface area contributed by atoms with Crippen LogP contribution in [0.25, 0.3) is 0 Å². The molecule has 4 heteroatoms. The highest BCUT2D eigenvalue weighted by Crippen LogP contribution is 2.23. The van der Waals surface area contributed by atoms with Gasteiger partial charge in [-0.15, -0.1) is 0 Å². The number of hydrogen-bond acceptors (Lipinski definition) is 3. The van der Waals surface area contributed by atoms with Crippen molar-refractivity contribution in [2.75, 3.05) is 18.0 Å². The molecule has 0 spiro atoms. The van der Waals surface area contributed by atoms with E-state index in [1.54, 1.807) is 12.3 Å². The van der Waals surface area contributed by atoms with Crippen molar-refractivity contribution in [2.24, 2.45) is 0 Å². The van der Waals surface area contributed by atoms with Gasteiger partial charge >= 0.3 is 0 Å². The number of anilines is 1. The van der Waals surface area contributed by atoms with Gasteiger partial charge in [-0.2, -0.15) is 0 Å². The van der Waals surface area contributed by atoms with Gasteiger partial charge < -0.3 is 10.2 Å². The van der Waals surface area contributed by atoms with Crippen molar-refractivity contribution in [1.29, 1.82) is 0 Å². The van der Waals surface area contributed by atoms with E-state index in [1.807, 2.05) is 36.1 Å². The third kappa shape index (κ3) is 2.42. The fourth-order valence-electron chi connectivity index (χ4n) is 2.50. The molecule has 2 aromatic rings. The van der Waals surface area contributed by atoms with Crippen LogP contribution in [0.3, 0.4) is 0 Å². The fraction of sp³-hybridized carbons (Fsp3) is 0.250. The van der Waals surface area contributed by atoms with Gasteiger partial charge in [0.05, 0.1) is 0 Å². The second kappa shape index (κ2) is 5.43. The number of fused-ring (bicyclic) bond motifs is 1. The number of nitrogens with one attached hydrogen (secondary N) is 1. The Balaban J connectivity index is 1.99. The third-order valence-electron chi connectivity index (χ3n) is 3.50. The van der Waals surface area contributed by atoms with E-state index >= 15 is 0 Å². The molecule has 0 fully saturated rings. The number of pyridine rings is 1. The fourth-order valence-corrected chi connectivity index (χ4v) is 2.50. The van der Waals surface area contributed by atoms with E-state index in [9.17, 15) is 4.79 Å². The molecule has 0 radical (unpaired) electrons. The van der Waals surface area contributed by atoms with Crippen LogP contribution in [0, 0.1) is 6.92 Å². The van der Waals surface area contributed by atoms with E-state index in [0.29, 0.717) is 12.1 Å². The molecule has 1 N–H and O–H groups in total. The Morgan fingerprint density at radius 3 is 3.00 bits per heavy atom. The molecule has 20 heavy (non-hydrogen) atoms. The summed E-state index contributed by atoms with van der Waals surface area (Å²) < 4.78 is 0. The highest BCUT2D eigenvalue weighted by molar-refractivity contribution is 6.06. The summed E-state index contributed by atoms with van der Waals surface area (Å²) in [6.45, 7) is 4.17. The number of benzene rings is 1. The van der Waals surface area contributed by atoms with Gasteiger partial charge in [0.15, 0.2) is 0 Å². The molecule has 1 aliphatic heterocycles. The van der Waals surface area contributed by atoms with Gasteiger partial charge in [0, 0.05) is 42.8 Å². The summed E-state index contributed by atoms with van der Waals surface area (Å²) in [6.07, 6.45) is 1.69. The van der Waals surface area contributed by atoms with Crippen LogP contribution in [0.15, 0.2) is 42.6 Å². The molecule has 0 bridgehead atoms. The standard InChI is InChI=1S/C16H17N3O/c1-12-10-13(6-7-18-12)16(20)19-9-8-17-11-14-4-2-3-5-15(14)19/h2-7,10,17H,8-9,11H2,1H3. The zero-order valence-corrected chi connectivity index (χ0v) is 11.5. The maximum absolute atomic E-state index is 12.7. The van der Waals surface area contributed by atoms with Gasteiger partial charge in [0.2, 0.25) is 0 Å². The minimum absolute atomic E-state index is 0.0339. The first-order valence-corrected chi connectivity index (χ1v) is 6.79. The SMILES string of the molecule is Cc1cc(C(=O)N2CCNCc3ccccc32)ccn1. The van der Waals surface area contributed by atoms with E-state index in [4.69, 9.17) is 0 Å². The summed E-state index contributed by atoms with van der Waals surface area (Å²) in [5, 5.41) is 3.34. The highest BCUT2D eigenvalue weighted by Gasteiger charge is 2.21. The molecule has 1 aromatic carbocycles. The highest BCUT2D eigenvalue weighted by atomic mass is 16.2. The van der Waals surface area contributed by atoms with Crippen molar-refractivity contribution in [1.82, 2.24) is 10.3 Å². The number of hydrogen-bond donors (Lipinski definition) is 1. The lowest BCUT2D eigenvalue weighted by atomic mass is 10.1. The number of carbonyl (C=O) groups excluding carboxylic acids is 1. The van der Waals surface area contributed by atoms with E-state index in [-0.39, 0.29) is 5.91 Å². The molecule has 0 atom stereocenters. The number of para-hydroxylation sites is 1. The molecule has 0 saturated heterocycles. The largest absolute Gasteiger partial charge is 0.311 e. The molecule has 1 amide bonds. The molecule has 0 saturated carbocycles. The monoisotopic (exact) mass is 267 g/mol. The molecule has 4 nitrogen and oxygen atoms in total. The van der Waals surface area contributed by atoms with Crippen LogP contribution in [0.5, 0.6) is 0 Å². The van der Waals surface area contributed by atoms with Crippen molar-refractivity contribution in [3.63, 3.8) is 0 Å². The lowest BCUT2D eigenvalue weighted by molar-refractivity contribution is 0.0987. The van der Waals surface area contributed by atoms with Crippen molar-refractivity contribution in [2.45, 2.75) is 13.5 Å². The molecule has 1 aliphatic rings. The Morgan fingerprint density at radius 1 is 1.30 bits per heavy atom. The van der Waals surface area contributed by atoms with Gasteiger partial charge in [-0.1, -0.05) is 18.2 Å². The first kappa shape index (κ1) is 12.8. The van der Waals surface area contributed by atoms with Crippen molar-refractivity contribution < 1.29 is 4.79 Å². The first-order valence-electron chi connectivity index (χ1n) is 6.79. The van der Waals surface area contributed by atoms with Gasteiger partial charge in [0.1, 0.15) is 0 Å². The smallest absolute Gasteiger partial charge is 0.258 e. The number of aromatic nitrogens is 1. The second-order valence-corrected chi connectivity index (χ2v) is 4.95. The van der Waals surface area contributed by atoms with Gasteiger partial charge in [0.25, 0.3) is 5.91 Å². The Morgan fingerprint density at radius 2 is 2.15 bits per heavy atom. The Labute approximate surface area is 118 Å². The van der Waals surface area contributed by atoms with Crippen molar-refractivity contribution >= 4 is 11.6 Å². The van der Waals surface area contributed by atoms with Crippen LogP contribution in [-0.2, 0) is 6.54 Å². The van der Waals surface area contributed by atoms with E-state index in [1.165, 1.54) is 0 Å². The second-order valence-electron chi connectivity index (χ2n) is 4.95. The number of carbonyl (C=O) groups is 1. The van der Waals surface area contributed by atoms with E-state index < -0.39 is 0 Å². The van der Waals surface area contributed by atoms with E-state index in [2.05, 4.69) is 16.4 Å². The number of aryl methyl sites for hydroxylation is 1. The molecular weight excluding hydrogens is 250 g/mol. The minimum atomic E-state index is 0.0339. The minimum Gasteiger partial charge on any atom is -0.311 e. The molecule has 1 aromatic heterocycles. The zero-order valence-electron chi connectivity index (χ0n) is 11.5. The van der Waals surface area contributed by atoms with Crippen LogP contribution in [0.2, 0.25) is 0 Å². The van der Waals surface area contributed by atoms with Crippen LogP contribution in [-0.4, -0.2) is 24.0 Å². The predicted octanol–water partition coefficient (Wildman–Crippen LogP) is 2.14. The van der Waals surface area contributed by atoms with Gasteiger partial charge in [-0.25, -0.2) is 0 Å². The average Bonchev–Trinajstić information content (AvgIpc) is 2.69. The molecule has 0 aliphatic carbocycles. The summed E-state index contributed by atoms with van der Waals surface area (Å²) in [5.74, 6) is 0.0339. The molecule has 102 valence electrons. The lowest BCUT2D eigenvalue weighted by Gasteiger charge is -2.22. The van der Waals surface area contributed by atoms with Crippen molar-refractivity contribution in [3.8, 4) is 0 Å². The summed E-state index contributed by atoms with van der Waals surface area (Å²) >= 11 is 0. The number of rotatable bonds is 1. The quantitative estimate of drug-likeness (QED) is 0.861. The van der Waals surface area contributed by atoms with Crippen molar-refractivity contribution in [3.05, 3.63) is 59.4 Å². The summed E-state index contributed by atoms with van der Waals surface area (Å²) in [5.41, 5.74) is 3.70. The van der Waals surface area contributed by atoms with Gasteiger partial charge in [-0.05, 0) is 30.7 Å².